The summed E-state index contributed by atoms with van der Waals surface area (Å²) in [5, 5.41) is 0. The van der Waals surface area contributed by atoms with E-state index in [4.69, 9.17) is 5.50 Å². The normalized spacial score (nSPS) is 16.9. The summed E-state index contributed by atoms with van der Waals surface area (Å²) in [4.78, 5) is 0. The predicted octanol–water partition coefficient (Wildman–Crippen LogP) is 1.92. The first-order chi connectivity index (χ1) is 4.12. The Bertz CT molecular complexity index is 122. The van der Waals surface area contributed by atoms with Crippen LogP contribution in [0.4, 0.5) is 4.20 Å². The molecule has 2 N–H and O–H groups in total. The zero-order valence-electron chi connectivity index (χ0n) is 5.67. The van der Waals surface area contributed by atoms with Gasteiger partial charge in [-0.2, -0.15) is 4.20 Å². The largest absolute Gasteiger partial charge is 0.324 e. The van der Waals surface area contributed by atoms with Crippen LogP contribution in [0.25, 0.3) is 0 Å². The van der Waals surface area contributed by atoms with E-state index in [1.54, 1.807) is 0 Å². The molecule has 0 saturated heterocycles. The fourth-order valence-electron chi connectivity index (χ4n) is 0.277. The number of nitrogens with two attached hydrogens (primary N) is 1. The third-order valence-electron chi connectivity index (χ3n) is 0.749. The fourth-order valence-corrected chi connectivity index (χ4v) is 0.831. The Labute approximate surface area is 54.7 Å². The fraction of sp³-hybridized carbons (Fsp3) is 1.00. The first-order valence-corrected chi connectivity index (χ1v) is 4.37. The first-order valence-electron chi connectivity index (χ1n) is 2.75. The summed E-state index contributed by atoms with van der Waals surface area (Å²) >= 11 is 0. The summed E-state index contributed by atoms with van der Waals surface area (Å²) in [6, 6.07) is 0. The Morgan fingerprint density at radius 3 is 2.67 bits per heavy atom. The van der Waals surface area contributed by atoms with Crippen LogP contribution in [0, 0.1) is 0 Å². The van der Waals surface area contributed by atoms with E-state index in [1.165, 1.54) is 7.05 Å². The average Bonchev–Trinajstić information content (AvgIpc) is 1.84. The van der Waals surface area contributed by atoms with Crippen LogP contribution in [0.3, 0.4) is 0 Å². The maximum absolute atomic E-state index is 12.5. The van der Waals surface area contributed by atoms with Crippen molar-refractivity contribution in [3.63, 3.8) is 0 Å². The second-order valence-electron chi connectivity index (χ2n) is 1.58. The summed E-state index contributed by atoms with van der Waals surface area (Å²) in [6.07, 6.45) is 0.762. The van der Waals surface area contributed by atoms with Crippen LogP contribution in [-0.2, 0) is 4.52 Å². The lowest BCUT2D eigenvalue weighted by Crippen LogP contribution is -1.95. The highest BCUT2D eigenvalue weighted by Crippen LogP contribution is 2.42. The average molecular weight is 154 g/mol. The van der Waals surface area contributed by atoms with Gasteiger partial charge in [0.15, 0.2) is 0 Å². The van der Waals surface area contributed by atoms with Gasteiger partial charge in [-0.1, -0.05) is 6.92 Å². The summed E-state index contributed by atoms with van der Waals surface area (Å²) in [5.74, 6) is 0. The maximum Gasteiger partial charge on any atom is 0.324 e. The molecule has 0 heterocycles. The van der Waals surface area contributed by atoms with Gasteiger partial charge < -0.3 is 4.52 Å². The van der Waals surface area contributed by atoms with Crippen molar-refractivity contribution >= 4 is 7.74 Å². The van der Waals surface area contributed by atoms with Crippen molar-refractivity contribution in [2.24, 2.45) is 10.2 Å². The Hall–Kier alpha value is 0.0800. The molecule has 0 aliphatic heterocycles. The van der Waals surface area contributed by atoms with Gasteiger partial charge in [0.25, 0.3) is 0 Å². The van der Waals surface area contributed by atoms with E-state index in [2.05, 4.69) is 9.27 Å². The number of rotatable bonds is 3. The molecule has 0 rings (SSSR count). The van der Waals surface area contributed by atoms with Crippen molar-refractivity contribution in [2.75, 3.05) is 13.7 Å². The molecular formula is C4H12FN2OP. The van der Waals surface area contributed by atoms with Gasteiger partial charge >= 0.3 is 7.74 Å². The maximum atomic E-state index is 12.5. The molecule has 9 heavy (non-hydrogen) atoms. The molecule has 0 spiro atoms. The minimum Gasteiger partial charge on any atom is -0.309 e. The van der Waals surface area contributed by atoms with Crippen molar-refractivity contribution in [3.05, 3.63) is 0 Å². The van der Waals surface area contributed by atoms with E-state index in [1.807, 2.05) is 6.92 Å². The van der Waals surface area contributed by atoms with E-state index in [9.17, 15) is 4.20 Å². The van der Waals surface area contributed by atoms with Crippen LogP contribution in [0.1, 0.15) is 13.3 Å². The highest BCUT2D eigenvalue weighted by molar-refractivity contribution is 7.53. The quantitative estimate of drug-likeness (QED) is 0.631. The number of halogens is 1. The van der Waals surface area contributed by atoms with Gasteiger partial charge in [-0.15, -0.1) is 0 Å². The third-order valence-corrected chi connectivity index (χ3v) is 1.84. The number of nitrogens with zero attached hydrogens (tertiary/aromatic N) is 1. The number of hydrogen-bond donors (Lipinski definition) is 1. The summed E-state index contributed by atoms with van der Waals surface area (Å²) < 4.78 is 20.3. The molecule has 0 bridgehead atoms. The topological polar surface area (TPSA) is 47.6 Å². The van der Waals surface area contributed by atoms with E-state index >= 15 is 0 Å². The molecule has 0 amide bonds. The Kier molecular flexibility index (Phi) is 4.02. The molecule has 0 aliphatic carbocycles. The minimum atomic E-state index is -3.31. The van der Waals surface area contributed by atoms with Crippen LogP contribution >= 0.6 is 7.74 Å². The van der Waals surface area contributed by atoms with Gasteiger partial charge in [0.05, 0.1) is 6.61 Å². The van der Waals surface area contributed by atoms with Gasteiger partial charge in [-0.05, 0) is 6.42 Å². The lowest BCUT2D eigenvalue weighted by atomic mass is 10.5. The van der Waals surface area contributed by atoms with E-state index in [0.717, 1.165) is 6.42 Å². The Balaban J connectivity index is 3.60. The Morgan fingerprint density at radius 1 is 1.78 bits per heavy atom. The molecule has 0 radical (unpaired) electrons. The molecule has 0 saturated carbocycles. The molecule has 56 valence electrons. The molecule has 0 aromatic carbocycles. The van der Waals surface area contributed by atoms with Crippen molar-refractivity contribution in [3.8, 4) is 0 Å². The highest BCUT2D eigenvalue weighted by atomic mass is 31.2. The minimum absolute atomic E-state index is 0.345. The van der Waals surface area contributed by atoms with Gasteiger partial charge in [0, 0.05) is 7.05 Å². The van der Waals surface area contributed by atoms with Crippen LogP contribution in [0.2, 0.25) is 0 Å². The lowest BCUT2D eigenvalue weighted by molar-refractivity contribution is 0.324. The van der Waals surface area contributed by atoms with Crippen LogP contribution < -0.4 is 5.50 Å². The van der Waals surface area contributed by atoms with Gasteiger partial charge in [0.2, 0.25) is 0 Å². The molecule has 1 atom stereocenters. The van der Waals surface area contributed by atoms with Crippen molar-refractivity contribution in [1.29, 1.82) is 0 Å². The summed E-state index contributed by atoms with van der Waals surface area (Å²) in [6.45, 7) is 2.23. The molecule has 3 nitrogen and oxygen atoms in total. The third kappa shape index (κ3) is 4.58. The molecule has 1 unspecified atom stereocenters. The number of hydrogen-bond acceptors (Lipinski definition) is 2. The molecular weight excluding hydrogens is 142 g/mol. The summed E-state index contributed by atoms with van der Waals surface area (Å²) in [7, 11) is -1.99. The van der Waals surface area contributed by atoms with E-state index in [-0.39, 0.29) is 0 Å². The van der Waals surface area contributed by atoms with Crippen LogP contribution in [-0.4, -0.2) is 13.7 Å². The lowest BCUT2D eigenvalue weighted by Gasteiger charge is -2.06. The van der Waals surface area contributed by atoms with E-state index < -0.39 is 7.74 Å². The van der Waals surface area contributed by atoms with Crippen LogP contribution in [0.15, 0.2) is 4.74 Å². The van der Waals surface area contributed by atoms with Crippen molar-refractivity contribution < 1.29 is 8.72 Å². The monoisotopic (exact) mass is 154 g/mol. The first kappa shape index (κ1) is 9.08. The van der Waals surface area contributed by atoms with Crippen molar-refractivity contribution in [1.82, 2.24) is 0 Å². The second kappa shape index (κ2) is 3.99. The SMILES string of the molecule is CCCOP(N)(F)=NC. The highest BCUT2D eigenvalue weighted by Gasteiger charge is 2.08. The molecule has 0 fully saturated rings. The van der Waals surface area contributed by atoms with Gasteiger partial charge in [0.1, 0.15) is 0 Å². The zero-order chi connectivity index (χ0) is 7.33. The van der Waals surface area contributed by atoms with Crippen molar-refractivity contribution in [2.45, 2.75) is 13.3 Å². The van der Waals surface area contributed by atoms with Crippen LogP contribution in [0.5, 0.6) is 0 Å². The standard InChI is InChI=1S/C4H12FN2OP/c1-3-4-8-9(5,6)7-2/h3-4,6H2,1-2H3. The summed E-state index contributed by atoms with van der Waals surface area (Å²) in [5.41, 5.74) is 4.96. The predicted molar refractivity (Wildman–Crippen MR) is 36.8 cm³/mol. The molecule has 0 aromatic rings. The van der Waals surface area contributed by atoms with E-state index in [0.29, 0.717) is 6.61 Å². The molecule has 0 aromatic heterocycles. The molecule has 0 aliphatic rings. The molecule has 5 heteroatoms. The second-order valence-corrected chi connectivity index (χ2v) is 3.33. The van der Waals surface area contributed by atoms with Gasteiger partial charge in [-0.25, -0.2) is 10.2 Å². The van der Waals surface area contributed by atoms with Gasteiger partial charge in [-0.3, -0.25) is 0 Å². The Morgan fingerprint density at radius 2 is 2.33 bits per heavy atom. The smallest absolute Gasteiger partial charge is 0.309 e. The zero-order valence-corrected chi connectivity index (χ0v) is 6.57.